The number of benzene rings is 3. The lowest BCUT2D eigenvalue weighted by Crippen LogP contribution is -2.59. The minimum Gasteiger partial charge on any atom is -0.399 e. The number of aliphatic hydroxyl groups is 1. The van der Waals surface area contributed by atoms with E-state index in [2.05, 4.69) is 240 Å². The van der Waals surface area contributed by atoms with Crippen LogP contribution in [-0.4, -0.2) is 147 Å². The van der Waals surface area contributed by atoms with Crippen LogP contribution >= 0.6 is 33.2 Å². The van der Waals surface area contributed by atoms with Gasteiger partial charge in [-0.15, -0.1) is 33.2 Å². The Kier molecular flexibility index (Phi) is 97.3. The van der Waals surface area contributed by atoms with Gasteiger partial charge in [0.2, 0.25) is 0 Å². The number of hydrogen-bond donors (Lipinski definition) is 1. The van der Waals surface area contributed by atoms with Crippen molar-refractivity contribution in [1.82, 2.24) is 0 Å². The standard InChI is InChI=1S/C18H16Si.C18H40Si.C12H28Si.C9H28Si4.C9H22Si.C6H16Si.C5H14O2Si.C3H10O3Si.CH2O.Cl3HSi/c1-4-10-16(11-5-1)19(17-12-6-2-7-13-17)18-14-8-3-9-15-18;1-4-7-10-13-16-19(17-14-11-8-5-2)18-15-12-9-6-3;1-4-7-10-13(11-8-5-2)12-9-6-3;1-10(2)9-11(12(3,4)5)13(6,7)8;1-6-7-10(8(2)3)9(4)5;1-4-7(5-2)6-3;1-4-6-8(3)7-5-2;1-5-7(3-4)6-2;1-2;1-4(2)3/h1-15,19H;19H,4-18H2,1-3H3;13H,4-12H2,1-3H3;10-11H,9H2,1-8H3;8-10H,6-7H2,1-5H3;7H,4-6H2,1-3H3;8H,4-5H2,1-3H3;4,7H,3H2,1-2H3;1H2;4H. The molecule has 0 saturated carbocycles. The normalized spacial score (nSPS) is 11.1. The van der Waals surface area contributed by atoms with Gasteiger partial charge in [0.25, 0.3) is 0 Å². The van der Waals surface area contributed by atoms with Crippen LogP contribution in [0.3, 0.4) is 0 Å². The molecule has 0 amide bonds. The Morgan fingerprint density at radius 2 is 0.686 bits per heavy atom. The van der Waals surface area contributed by atoms with E-state index in [0.717, 1.165) is 24.3 Å². The molecule has 1 N–H and O–H groups in total. The van der Waals surface area contributed by atoms with Crippen molar-refractivity contribution in [2.75, 3.05) is 33.7 Å². The monoisotopic (exact) mass is 1690 g/mol. The molecule has 21 heteroatoms. The third-order valence-corrected chi connectivity index (χ3v) is 82.8. The third kappa shape index (κ3) is 80.1. The summed E-state index contributed by atoms with van der Waals surface area (Å²) in [4.78, 5) is 8.00. The number of rotatable bonds is 45. The number of unbranched alkanes of at least 4 members (excludes halogenated alkanes) is 12. The van der Waals surface area contributed by atoms with Gasteiger partial charge in [0, 0.05) is 94.4 Å². The van der Waals surface area contributed by atoms with Crippen molar-refractivity contribution in [2.24, 2.45) is 0 Å². The van der Waals surface area contributed by atoms with Crippen LogP contribution in [0.1, 0.15) is 233 Å². The molecule has 0 saturated heterocycles. The van der Waals surface area contributed by atoms with E-state index in [9.17, 15) is 0 Å². The van der Waals surface area contributed by atoms with Crippen LogP contribution in [0.25, 0.3) is 0 Å². The van der Waals surface area contributed by atoms with Gasteiger partial charge in [0.1, 0.15) is 15.6 Å². The lowest BCUT2D eigenvalue weighted by Gasteiger charge is -2.38. The fraction of sp³-hybridized carbons (Fsp3) is 0.765. The van der Waals surface area contributed by atoms with Gasteiger partial charge in [-0.2, -0.15) is 0 Å². The molecule has 0 aromatic heterocycles. The molecule has 0 aliphatic carbocycles. The van der Waals surface area contributed by atoms with Gasteiger partial charge < -0.3 is 27.6 Å². The summed E-state index contributed by atoms with van der Waals surface area (Å²) < 4.78 is 19.8. The summed E-state index contributed by atoms with van der Waals surface area (Å²) in [6, 6.07) is 48.5. The van der Waals surface area contributed by atoms with Gasteiger partial charge in [0.15, 0.2) is 0 Å². The maximum atomic E-state index is 8.34. The fourth-order valence-corrected chi connectivity index (χ4v) is 94.8. The molecule has 102 heavy (non-hydrogen) atoms. The highest BCUT2D eigenvalue weighted by Crippen LogP contribution is 2.25. The topological polar surface area (TPSA) is 74.2 Å². The predicted octanol–water partition coefficient (Wildman–Crippen LogP) is 23.5. The summed E-state index contributed by atoms with van der Waals surface area (Å²) in [5.74, 6) is 0. The van der Waals surface area contributed by atoms with Crippen molar-refractivity contribution < 1.29 is 27.6 Å². The Morgan fingerprint density at radius 3 is 0.843 bits per heavy atom. The predicted molar refractivity (Wildman–Crippen MR) is 511 cm³/mol. The number of hydrogen-bond acceptors (Lipinski definition) is 6. The van der Waals surface area contributed by atoms with Crippen LogP contribution in [0.2, 0.25) is 136 Å². The van der Waals surface area contributed by atoms with Crippen molar-refractivity contribution in [3.8, 4) is 0 Å². The quantitative estimate of drug-likeness (QED) is 0.0263. The lowest BCUT2D eigenvalue weighted by molar-refractivity contribution is -0.0980. The maximum Gasteiger partial charge on any atom is 0.347 e. The van der Waals surface area contributed by atoms with Crippen molar-refractivity contribution in [2.45, 2.75) is 369 Å². The van der Waals surface area contributed by atoms with E-state index < -0.39 is 49.3 Å². The molecular weight excluding hydrogens is 1510 g/mol. The molecule has 0 atom stereocenters. The Bertz CT molecular complexity index is 1820. The van der Waals surface area contributed by atoms with Crippen molar-refractivity contribution in [1.29, 1.82) is 0 Å². The van der Waals surface area contributed by atoms with Crippen LogP contribution < -0.4 is 15.6 Å². The second-order valence-corrected chi connectivity index (χ2v) is 91.6. The minimum atomic E-state index is -1.72. The number of carbonyl (C=O) groups is 1. The molecule has 606 valence electrons. The molecule has 0 radical (unpaired) electrons. The van der Waals surface area contributed by atoms with Crippen molar-refractivity contribution >= 4 is 157 Å². The molecule has 0 unspecified atom stereocenters. The zero-order valence-corrected chi connectivity index (χ0v) is 88.6. The molecule has 0 aliphatic rings. The molecular formula is C81H177Cl3O6Si12. The highest BCUT2D eigenvalue weighted by Gasteiger charge is 2.38. The van der Waals surface area contributed by atoms with Gasteiger partial charge in [-0.25, -0.2) is 0 Å². The average molecular weight is 1690 g/mol. The van der Waals surface area contributed by atoms with Crippen LogP contribution in [0.5, 0.6) is 0 Å². The summed E-state index contributed by atoms with van der Waals surface area (Å²) in [7, 11) is -4.37. The smallest absolute Gasteiger partial charge is 0.347 e. The Balaban J connectivity index is -0.000000205. The fourth-order valence-electron chi connectivity index (χ4n) is 13.3. The second kappa shape index (κ2) is 85.6. The highest BCUT2D eigenvalue weighted by atomic mass is 35.8. The molecule has 6 nitrogen and oxygen atoms in total. The largest absolute Gasteiger partial charge is 0.399 e. The van der Waals surface area contributed by atoms with E-state index in [4.69, 9.17) is 60.8 Å². The zero-order chi connectivity index (χ0) is 79.4. The first-order valence-electron chi connectivity index (χ1n) is 41.8. The molecule has 0 fully saturated rings. The van der Waals surface area contributed by atoms with Gasteiger partial charge in [-0.05, 0) is 20.4 Å². The van der Waals surface area contributed by atoms with E-state index in [1.807, 2.05) is 27.2 Å². The third-order valence-electron chi connectivity index (χ3n) is 19.0. The molecule has 0 bridgehead atoms. The molecule has 3 aromatic rings. The first-order chi connectivity index (χ1) is 48.5. The van der Waals surface area contributed by atoms with E-state index in [1.165, 1.54) is 157 Å². The maximum absolute atomic E-state index is 8.34. The van der Waals surface area contributed by atoms with Crippen LogP contribution in [0.15, 0.2) is 91.0 Å². The summed E-state index contributed by atoms with van der Waals surface area (Å²) >= 11 is 14.8. The number of carbonyl (C=O) groups excluding carboxylic acids is 1. The molecule has 0 spiro atoms. The zero-order valence-electron chi connectivity index (χ0n) is 72.8. The summed E-state index contributed by atoms with van der Waals surface area (Å²) in [5, 5.41) is 12.8. The Hall–Kier alpha value is 0.603. The number of halogens is 3. The van der Waals surface area contributed by atoms with Gasteiger partial charge >= 0.3 is 25.3 Å². The lowest BCUT2D eigenvalue weighted by atomic mass is 10.2. The van der Waals surface area contributed by atoms with Gasteiger partial charge in [0.05, 0.1) is 6.23 Å². The van der Waals surface area contributed by atoms with E-state index >= 15 is 0 Å². The second-order valence-electron chi connectivity index (χ2n) is 31.1. The minimum absolute atomic E-state index is 0.0486. The Labute approximate surface area is 672 Å². The van der Waals surface area contributed by atoms with Crippen molar-refractivity contribution in [3.05, 3.63) is 91.0 Å². The van der Waals surface area contributed by atoms with Gasteiger partial charge in [-0.3, -0.25) is 0 Å². The average Bonchev–Trinajstić information content (AvgIpc) is 0.832. The SMILES string of the molecule is C=O.CCCCCC[SiH](CCCCCC)CCCCCC.CCCC[SiH](CCCC)CCCC.CCC[SiH](C(C)C)C(C)C.CCO[SiH](C)OCC.CC[SiH](CC)CC.CO[SiH](CO)OC.C[SiH](C)C[SiH]([Si](C)(C)C)[Si](C)(C)C.Cl[SiH](Cl)Cl.c1ccc([SiH](c2ccccc2)c2ccccc2)cc1. The van der Waals surface area contributed by atoms with Crippen LogP contribution in [0, 0.1) is 0 Å². The Morgan fingerprint density at radius 1 is 0.412 bits per heavy atom. The van der Waals surface area contributed by atoms with E-state index in [0.29, 0.717) is 0 Å². The molecule has 0 aliphatic heterocycles. The van der Waals surface area contributed by atoms with E-state index in [1.54, 1.807) is 61.2 Å². The van der Waals surface area contributed by atoms with Crippen LogP contribution in [-0.2, 0) is 22.5 Å². The number of aliphatic hydroxyl groups excluding tert-OH is 1. The van der Waals surface area contributed by atoms with Gasteiger partial charge in [-0.1, -0.05) is 455 Å². The van der Waals surface area contributed by atoms with E-state index in [-0.39, 0.29) is 58.0 Å². The molecule has 3 rings (SSSR count). The molecule has 3 aromatic carbocycles. The highest BCUT2D eigenvalue weighted by molar-refractivity contribution is 7.61. The first kappa shape index (κ1) is 116. The summed E-state index contributed by atoms with van der Waals surface area (Å²) in [6.45, 7) is 61.5. The van der Waals surface area contributed by atoms with Crippen LogP contribution in [0.4, 0.5) is 0 Å². The molecule has 0 heterocycles. The van der Waals surface area contributed by atoms with Crippen molar-refractivity contribution in [3.63, 3.8) is 0 Å². The summed E-state index contributed by atoms with van der Waals surface area (Å²) in [5.41, 5.74) is 3.74. The summed E-state index contributed by atoms with van der Waals surface area (Å²) in [6.07, 6.45) is 27.9. The first-order valence-corrected chi connectivity index (χ1v) is 76.7.